The molecule has 1 fully saturated rings. The van der Waals surface area contributed by atoms with Crippen molar-refractivity contribution in [3.05, 3.63) is 65.7 Å². The van der Waals surface area contributed by atoms with E-state index in [-0.39, 0.29) is 11.7 Å². The molecule has 1 aliphatic heterocycles. The summed E-state index contributed by atoms with van der Waals surface area (Å²) in [6.45, 7) is 2.83. The first-order valence-electron chi connectivity index (χ1n) is 8.12. The number of hydrogen-bond donors (Lipinski definition) is 2. The minimum Gasteiger partial charge on any atom is -0.508 e. The van der Waals surface area contributed by atoms with Gasteiger partial charge in [-0.05, 0) is 23.8 Å². The highest BCUT2D eigenvalue weighted by Crippen LogP contribution is 2.13. The van der Waals surface area contributed by atoms with Gasteiger partial charge < -0.3 is 5.11 Å². The molecule has 2 aromatic rings. The van der Waals surface area contributed by atoms with Gasteiger partial charge in [-0.1, -0.05) is 36.4 Å². The topological polar surface area (TPSA) is 64.9 Å². The van der Waals surface area contributed by atoms with Gasteiger partial charge in [0.2, 0.25) is 0 Å². The van der Waals surface area contributed by atoms with Crippen LogP contribution in [0, 0.1) is 0 Å². The minimum absolute atomic E-state index is 0.0736. The maximum atomic E-state index is 12.0. The van der Waals surface area contributed by atoms with Crippen LogP contribution in [0.15, 0.2) is 59.7 Å². The first kappa shape index (κ1) is 16.2. The molecule has 0 aliphatic carbocycles. The molecule has 24 heavy (non-hydrogen) atoms. The van der Waals surface area contributed by atoms with E-state index in [1.807, 2.05) is 6.07 Å². The number of piperidine rings is 1. The third-order valence-electron chi connectivity index (χ3n) is 4.11. The van der Waals surface area contributed by atoms with Crippen LogP contribution in [0.1, 0.15) is 28.8 Å². The zero-order valence-electron chi connectivity index (χ0n) is 13.5. The third-order valence-corrected chi connectivity index (χ3v) is 4.11. The molecule has 0 atom stereocenters. The van der Waals surface area contributed by atoms with Gasteiger partial charge in [-0.25, -0.2) is 5.43 Å². The van der Waals surface area contributed by atoms with Crippen LogP contribution in [-0.2, 0) is 6.54 Å². The van der Waals surface area contributed by atoms with Gasteiger partial charge in [0.15, 0.2) is 0 Å². The van der Waals surface area contributed by atoms with E-state index in [1.165, 1.54) is 17.7 Å². The Morgan fingerprint density at radius 2 is 1.83 bits per heavy atom. The van der Waals surface area contributed by atoms with Gasteiger partial charge in [0.25, 0.3) is 5.91 Å². The summed E-state index contributed by atoms with van der Waals surface area (Å²) in [5.41, 5.74) is 5.31. The molecule has 5 heteroatoms. The molecule has 0 spiro atoms. The Morgan fingerprint density at radius 3 is 2.54 bits per heavy atom. The van der Waals surface area contributed by atoms with Crippen LogP contribution in [0.3, 0.4) is 0 Å². The van der Waals surface area contributed by atoms with Crippen molar-refractivity contribution in [1.29, 1.82) is 0 Å². The average Bonchev–Trinajstić information content (AvgIpc) is 2.62. The van der Waals surface area contributed by atoms with Crippen LogP contribution in [0.4, 0.5) is 0 Å². The number of benzene rings is 2. The Bertz CT molecular complexity index is 718. The summed E-state index contributed by atoms with van der Waals surface area (Å²) in [6, 6.07) is 16.7. The monoisotopic (exact) mass is 323 g/mol. The number of likely N-dealkylation sites (tertiary alicyclic amines) is 1. The van der Waals surface area contributed by atoms with E-state index in [9.17, 15) is 9.90 Å². The van der Waals surface area contributed by atoms with Crippen LogP contribution in [0.25, 0.3) is 0 Å². The lowest BCUT2D eigenvalue weighted by Crippen LogP contribution is -2.34. The van der Waals surface area contributed by atoms with Crippen molar-refractivity contribution in [2.24, 2.45) is 5.10 Å². The Balaban J connectivity index is 1.49. The van der Waals surface area contributed by atoms with Gasteiger partial charge in [-0.2, -0.15) is 5.10 Å². The molecule has 124 valence electrons. The highest BCUT2D eigenvalue weighted by Gasteiger charge is 2.15. The first-order valence-corrected chi connectivity index (χ1v) is 8.12. The maximum Gasteiger partial charge on any atom is 0.271 e. The molecule has 1 saturated heterocycles. The molecule has 1 heterocycles. The van der Waals surface area contributed by atoms with Gasteiger partial charge in [-0.3, -0.25) is 9.69 Å². The molecule has 3 rings (SSSR count). The second kappa shape index (κ2) is 7.75. The van der Waals surface area contributed by atoms with E-state index < -0.39 is 0 Å². The largest absolute Gasteiger partial charge is 0.508 e. The van der Waals surface area contributed by atoms with E-state index >= 15 is 0 Å². The number of phenols is 1. The molecular weight excluding hydrogens is 302 g/mol. The summed E-state index contributed by atoms with van der Waals surface area (Å²) in [4.78, 5) is 14.4. The Labute approximate surface area is 141 Å². The maximum absolute atomic E-state index is 12.0. The smallest absolute Gasteiger partial charge is 0.271 e. The fourth-order valence-electron chi connectivity index (χ4n) is 2.76. The minimum atomic E-state index is -0.301. The number of carbonyl (C=O) groups excluding carboxylic acids is 1. The Morgan fingerprint density at radius 1 is 1.08 bits per heavy atom. The second-order valence-corrected chi connectivity index (χ2v) is 5.93. The van der Waals surface area contributed by atoms with Gasteiger partial charge >= 0.3 is 0 Å². The normalized spacial score (nSPS) is 15.1. The highest BCUT2D eigenvalue weighted by molar-refractivity contribution is 5.95. The predicted molar refractivity (Wildman–Crippen MR) is 94.0 cm³/mol. The van der Waals surface area contributed by atoms with Gasteiger partial charge in [0.05, 0.1) is 0 Å². The molecule has 0 saturated carbocycles. The molecule has 0 radical (unpaired) electrons. The quantitative estimate of drug-likeness (QED) is 0.850. The molecule has 0 aromatic heterocycles. The number of carbonyl (C=O) groups is 1. The summed E-state index contributed by atoms with van der Waals surface area (Å²) in [5, 5.41) is 13.6. The lowest BCUT2D eigenvalue weighted by Gasteiger charge is -2.27. The van der Waals surface area contributed by atoms with Crippen molar-refractivity contribution in [2.75, 3.05) is 13.1 Å². The van der Waals surface area contributed by atoms with Crippen LogP contribution >= 0.6 is 0 Å². The lowest BCUT2D eigenvalue weighted by molar-refractivity contribution is 0.0954. The average molecular weight is 323 g/mol. The number of hydrogen-bond acceptors (Lipinski definition) is 4. The SMILES string of the molecule is O=C(NN=C1CCN(Cc2ccccc2)CC1)c1cccc(O)c1. The first-order chi connectivity index (χ1) is 11.7. The van der Waals surface area contributed by atoms with Crippen molar-refractivity contribution in [3.8, 4) is 5.75 Å². The second-order valence-electron chi connectivity index (χ2n) is 5.93. The standard InChI is InChI=1S/C19H21N3O2/c23-18-8-4-7-16(13-18)19(24)21-20-17-9-11-22(12-10-17)14-15-5-2-1-3-6-15/h1-8,13,23H,9-12,14H2,(H,21,24). The van der Waals surface area contributed by atoms with E-state index in [1.54, 1.807) is 12.1 Å². The predicted octanol–water partition coefficient (Wildman–Crippen LogP) is 2.77. The molecule has 1 amide bonds. The molecule has 2 N–H and O–H groups in total. The molecular formula is C19H21N3O2. The molecule has 2 aromatic carbocycles. The molecule has 0 bridgehead atoms. The van der Waals surface area contributed by atoms with E-state index in [0.717, 1.165) is 38.2 Å². The van der Waals surface area contributed by atoms with Crippen LogP contribution < -0.4 is 5.43 Å². The zero-order valence-corrected chi connectivity index (χ0v) is 13.5. The van der Waals surface area contributed by atoms with Crippen molar-refractivity contribution < 1.29 is 9.90 Å². The number of rotatable bonds is 4. The lowest BCUT2D eigenvalue weighted by atomic mass is 10.1. The van der Waals surface area contributed by atoms with Gasteiger partial charge in [0.1, 0.15) is 5.75 Å². The van der Waals surface area contributed by atoms with Gasteiger partial charge in [-0.15, -0.1) is 0 Å². The molecule has 1 aliphatic rings. The summed E-state index contributed by atoms with van der Waals surface area (Å²) < 4.78 is 0. The fourth-order valence-corrected chi connectivity index (χ4v) is 2.76. The number of nitrogens with zero attached hydrogens (tertiary/aromatic N) is 2. The summed E-state index contributed by atoms with van der Waals surface area (Å²) in [6.07, 6.45) is 1.71. The molecule has 0 unspecified atom stereocenters. The van der Waals surface area contributed by atoms with Crippen molar-refractivity contribution in [2.45, 2.75) is 19.4 Å². The van der Waals surface area contributed by atoms with Crippen molar-refractivity contribution in [1.82, 2.24) is 10.3 Å². The van der Waals surface area contributed by atoms with Crippen molar-refractivity contribution >= 4 is 11.6 Å². The number of phenolic OH excluding ortho intramolecular Hbond substituents is 1. The number of nitrogens with one attached hydrogen (secondary N) is 1. The Hall–Kier alpha value is -2.66. The van der Waals surface area contributed by atoms with Crippen LogP contribution in [0.2, 0.25) is 0 Å². The van der Waals surface area contributed by atoms with Gasteiger partial charge in [0, 0.05) is 43.8 Å². The number of aromatic hydroxyl groups is 1. The van der Waals surface area contributed by atoms with Crippen LogP contribution in [-0.4, -0.2) is 34.7 Å². The number of amides is 1. The zero-order chi connectivity index (χ0) is 16.8. The van der Waals surface area contributed by atoms with E-state index in [0.29, 0.717) is 5.56 Å². The summed E-state index contributed by atoms with van der Waals surface area (Å²) >= 11 is 0. The van der Waals surface area contributed by atoms with E-state index in [4.69, 9.17) is 0 Å². The number of hydrazone groups is 1. The summed E-state index contributed by atoms with van der Waals surface area (Å²) in [7, 11) is 0. The third kappa shape index (κ3) is 4.43. The highest BCUT2D eigenvalue weighted by atomic mass is 16.3. The molecule has 5 nitrogen and oxygen atoms in total. The van der Waals surface area contributed by atoms with Crippen LogP contribution in [0.5, 0.6) is 5.75 Å². The fraction of sp³-hybridized carbons (Fsp3) is 0.263. The van der Waals surface area contributed by atoms with E-state index in [2.05, 4.69) is 39.7 Å². The Kier molecular flexibility index (Phi) is 5.23. The van der Waals surface area contributed by atoms with Crippen molar-refractivity contribution in [3.63, 3.8) is 0 Å². The summed E-state index contributed by atoms with van der Waals surface area (Å²) in [5.74, 6) is -0.227.